The summed E-state index contributed by atoms with van der Waals surface area (Å²) in [6.45, 7) is 0. The summed E-state index contributed by atoms with van der Waals surface area (Å²) in [7, 11) is 0. The molecule has 0 bridgehead atoms. The van der Waals surface area contributed by atoms with Gasteiger partial charge in [0.05, 0.1) is 5.39 Å². The second kappa shape index (κ2) is 2.47. The first-order valence-corrected chi connectivity index (χ1v) is 4.23. The molecule has 0 aliphatic rings. The first kappa shape index (κ1) is 7.59. The number of nitrogens with two attached hydrogens (primary N) is 2. The van der Waals surface area contributed by atoms with E-state index in [1.54, 1.807) is 6.07 Å². The lowest BCUT2D eigenvalue weighted by molar-refractivity contribution is 0.453. The van der Waals surface area contributed by atoms with Crippen LogP contribution in [0.5, 0.6) is 0 Å². The first-order chi connectivity index (χ1) is 5.68. The van der Waals surface area contributed by atoms with Gasteiger partial charge in [0.2, 0.25) is 0 Å². The fourth-order valence-electron chi connectivity index (χ4n) is 0.946. The van der Waals surface area contributed by atoms with E-state index in [9.17, 15) is 0 Å². The Morgan fingerprint density at radius 1 is 1.42 bits per heavy atom. The minimum Gasteiger partial charge on any atom is -0.384 e. The van der Waals surface area contributed by atoms with E-state index in [-0.39, 0.29) is 0 Å². The van der Waals surface area contributed by atoms with Crippen molar-refractivity contribution in [2.45, 2.75) is 0 Å². The molecule has 62 valence electrons. The van der Waals surface area contributed by atoms with Crippen molar-refractivity contribution in [3.05, 3.63) is 9.64 Å². The predicted molar refractivity (Wildman–Crippen MR) is 53.3 cm³/mol. The molecule has 2 heterocycles. The van der Waals surface area contributed by atoms with Crippen LogP contribution in [-0.4, -0.2) is 10.1 Å². The number of nitrogen functional groups attached to an aromatic ring is 2. The second-order valence-electron chi connectivity index (χ2n) is 2.28. The molecular weight excluding hydrogens is 271 g/mol. The summed E-state index contributed by atoms with van der Waals surface area (Å²) in [5.74, 6) is 0.755. The highest BCUT2D eigenvalue weighted by atomic mass is 127. The number of anilines is 2. The minimum atomic E-state index is 0.349. The average Bonchev–Trinajstić information content (AvgIpc) is 2.31. The molecule has 0 aromatic carbocycles. The Morgan fingerprint density at radius 2 is 2.17 bits per heavy atom. The van der Waals surface area contributed by atoms with Crippen LogP contribution >= 0.6 is 22.6 Å². The number of rotatable bonds is 0. The maximum absolute atomic E-state index is 5.54. The molecule has 0 aliphatic carbocycles. The van der Waals surface area contributed by atoms with Crippen molar-refractivity contribution in [1.29, 1.82) is 0 Å². The van der Waals surface area contributed by atoms with Crippen LogP contribution in [0.4, 0.5) is 11.6 Å². The predicted octanol–water partition coefficient (Wildman–Crippen LogP) is 0.992. The van der Waals surface area contributed by atoms with Crippen molar-refractivity contribution < 1.29 is 4.52 Å². The Kier molecular flexibility index (Phi) is 1.56. The van der Waals surface area contributed by atoms with E-state index in [4.69, 9.17) is 16.0 Å². The van der Waals surface area contributed by atoms with Gasteiger partial charge in [0.25, 0.3) is 5.71 Å². The number of hydrogen-bond acceptors (Lipinski definition) is 5. The van der Waals surface area contributed by atoms with Crippen LogP contribution in [0.3, 0.4) is 0 Å². The monoisotopic (exact) mass is 276 g/mol. The molecular formula is C6H5IN4O. The van der Waals surface area contributed by atoms with E-state index < -0.39 is 0 Å². The van der Waals surface area contributed by atoms with Gasteiger partial charge < -0.3 is 16.0 Å². The molecule has 2 rings (SSSR count). The molecule has 5 nitrogen and oxygen atoms in total. The lowest BCUT2D eigenvalue weighted by atomic mass is 10.3. The fraction of sp³-hybridized carbons (Fsp3) is 0. The third-order valence-corrected chi connectivity index (χ3v) is 2.30. The fourth-order valence-corrected chi connectivity index (χ4v) is 1.77. The second-order valence-corrected chi connectivity index (χ2v) is 3.44. The molecule has 0 radical (unpaired) electrons. The van der Waals surface area contributed by atoms with E-state index in [0.29, 0.717) is 17.3 Å². The van der Waals surface area contributed by atoms with Crippen LogP contribution in [0.15, 0.2) is 10.6 Å². The SMILES string of the molecule is Nc1cc(I)c2c(N)noc2n1. The van der Waals surface area contributed by atoms with Gasteiger partial charge >= 0.3 is 0 Å². The third-order valence-electron chi connectivity index (χ3n) is 1.44. The molecule has 0 saturated heterocycles. The molecule has 2 aromatic heterocycles. The highest BCUT2D eigenvalue weighted by molar-refractivity contribution is 14.1. The number of pyridine rings is 1. The smallest absolute Gasteiger partial charge is 0.262 e. The number of fused-ring (bicyclic) bond motifs is 1. The van der Waals surface area contributed by atoms with Crippen molar-refractivity contribution >= 4 is 45.3 Å². The third kappa shape index (κ3) is 0.986. The Labute approximate surface area is 81.2 Å². The van der Waals surface area contributed by atoms with Gasteiger partial charge in [0.1, 0.15) is 5.82 Å². The summed E-state index contributed by atoms with van der Waals surface area (Å²) in [6, 6.07) is 1.72. The van der Waals surface area contributed by atoms with Gasteiger partial charge in [-0.2, -0.15) is 4.98 Å². The number of aromatic nitrogens is 2. The highest BCUT2D eigenvalue weighted by Gasteiger charge is 2.10. The lowest BCUT2D eigenvalue weighted by Crippen LogP contribution is -1.92. The summed E-state index contributed by atoms with van der Waals surface area (Å²) in [5, 5.41) is 4.30. The van der Waals surface area contributed by atoms with Crippen LogP contribution in [-0.2, 0) is 0 Å². The van der Waals surface area contributed by atoms with Crippen molar-refractivity contribution in [2.24, 2.45) is 0 Å². The van der Waals surface area contributed by atoms with E-state index in [1.165, 1.54) is 0 Å². The van der Waals surface area contributed by atoms with E-state index in [1.807, 2.05) is 0 Å². The molecule has 0 aliphatic heterocycles. The zero-order valence-electron chi connectivity index (χ0n) is 5.91. The van der Waals surface area contributed by atoms with Crippen molar-refractivity contribution in [3.8, 4) is 0 Å². The molecule has 6 heteroatoms. The van der Waals surface area contributed by atoms with Crippen LogP contribution < -0.4 is 11.5 Å². The number of nitrogens with zero attached hydrogens (tertiary/aromatic N) is 2. The largest absolute Gasteiger partial charge is 0.384 e. The maximum Gasteiger partial charge on any atom is 0.262 e. The van der Waals surface area contributed by atoms with Gasteiger partial charge in [-0.1, -0.05) is 5.16 Å². The molecule has 0 fully saturated rings. The summed E-state index contributed by atoms with van der Waals surface area (Å²) < 4.78 is 5.74. The molecule has 12 heavy (non-hydrogen) atoms. The van der Waals surface area contributed by atoms with Gasteiger partial charge in [-0.25, -0.2) is 0 Å². The zero-order valence-corrected chi connectivity index (χ0v) is 8.07. The summed E-state index contributed by atoms with van der Waals surface area (Å²) >= 11 is 2.11. The van der Waals surface area contributed by atoms with Gasteiger partial charge in [0, 0.05) is 3.57 Å². The van der Waals surface area contributed by atoms with Crippen LogP contribution in [0.2, 0.25) is 0 Å². The molecule has 4 N–H and O–H groups in total. The highest BCUT2D eigenvalue weighted by Crippen LogP contribution is 2.25. The van der Waals surface area contributed by atoms with Crippen LogP contribution in [0, 0.1) is 3.57 Å². The summed E-state index contributed by atoms with van der Waals surface area (Å²) in [5.41, 5.74) is 11.4. The van der Waals surface area contributed by atoms with Crippen molar-refractivity contribution in [2.75, 3.05) is 11.5 Å². The number of hydrogen-bond donors (Lipinski definition) is 2. The molecule has 0 unspecified atom stereocenters. The van der Waals surface area contributed by atoms with E-state index in [2.05, 4.69) is 32.7 Å². The van der Waals surface area contributed by atoms with Crippen LogP contribution in [0.1, 0.15) is 0 Å². The zero-order chi connectivity index (χ0) is 8.72. The molecule has 0 spiro atoms. The summed E-state index contributed by atoms with van der Waals surface area (Å²) in [4.78, 5) is 3.92. The maximum atomic E-state index is 5.54. The molecule has 0 amide bonds. The van der Waals surface area contributed by atoms with E-state index >= 15 is 0 Å². The molecule has 0 atom stereocenters. The van der Waals surface area contributed by atoms with Gasteiger partial charge in [-0.05, 0) is 28.7 Å². The Bertz CT molecular complexity index is 438. The van der Waals surface area contributed by atoms with Gasteiger partial charge in [-0.3, -0.25) is 0 Å². The topological polar surface area (TPSA) is 91.0 Å². The first-order valence-electron chi connectivity index (χ1n) is 3.15. The standard InChI is InChI=1S/C6H5IN4O/c7-2-1-3(8)10-6-4(2)5(9)11-12-6/h1H,(H2,8,10)(H2,9,11). The summed E-state index contributed by atoms with van der Waals surface area (Å²) in [6.07, 6.45) is 0. The Morgan fingerprint density at radius 3 is 2.92 bits per heavy atom. The van der Waals surface area contributed by atoms with Crippen LogP contribution in [0.25, 0.3) is 11.1 Å². The van der Waals surface area contributed by atoms with Gasteiger partial charge in [-0.15, -0.1) is 0 Å². The normalized spacial score (nSPS) is 10.8. The number of halogens is 1. The molecule has 2 aromatic rings. The Hall–Kier alpha value is -1.05. The quantitative estimate of drug-likeness (QED) is 0.700. The van der Waals surface area contributed by atoms with Crippen molar-refractivity contribution in [3.63, 3.8) is 0 Å². The van der Waals surface area contributed by atoms with Gasteiger partial charge in [0.15, 0.2) is 5.82 Å². The Balaban J connectivity index is 2.93. The molecule has 0 saturated carbocycles. The van der Waals surface area contributed by atoms with E-state index in [0.717, 1.165) is 8.96 Å². The van der Waals surface area contributed by atoms with Crippen molar-refractivity contribution in [1.82, 2.24) is 10.1 Å². The lowest BCUT2D eigenvalue weighted by Gasteiger charge is -1.93. The minimum absolute atomic E-state index is 0.349. The average molecular weight is 276 g/mol.